The molecule has 3 fully saturated rings. The standard InChI is InChI=1S/C19H28O4/c1-18-8-14(21)13(20)7-10(18)3-4-11-12-5-6-16(23)19(12,2)9-15(22)17(11)18/h7,11-12,14-17,21-23H,3-6,8-9H2,1-2H3/t11-,12-,14-,15+,16-,17+,18-,19-/m0/s1. The Bertz CT molecular complexity index is 570. The molecule has 0 aromatic heterocycles. The number of aliphatic hydroxyl groups is 3. The Morgan fingerprint density at radius 3 is 2.57 bits per heavy atom. The maximum Gasteiger partial charge on any atom is 0.184 e. The SMILES string of the molecule is C[C@]12C[C@@H](O)[C@H]3[C@@H](CCC4=CC(=O)[C@@H](O)C[C@@]43C)[C@@H]1CC[C@@H]2O. The first-order valence-corrected chi connectivity index (χ1v) is 9.06. The van der Waals surface area contributed by atoms with Crippen molar-refractivity contribution in [1.82, 2.24) is 0 Å². The highest BCUT2D eigenvalue weighted by molar-refractivity contribution is 5.95. The summed E-state index contributed by atoms with van der Waals surface area (Å²) in [6.07, 6.45) is 4.72. The molecule has 0 amide bonds. The molecule has 0 unspecified atom stereocenters. The fourth-order valence-electron chi connectivity index (χ4n) is 6.72. The van der Waals surface area contributed by atoms with Gasteiger partial charge in [0, 0.05) is 0 Å². The van der Waals surface area contributed by atoms with Crippen LogP contribution >= 0.6 is 0 Å². The van der Waals surface area contributed by atoms with E-state index in [4.69, 9.17) is 0 Å². The van der Waals surface area contributed by atoms with Crippen molar-refractivity contribution in [2.45, 2.75) is 70.7 Å². The van der Waals surface area contributed by atoms with E-state index in [1.165, 1.54) is 0 Å². The second-order valence-corrected chi connectivity index (χ2v) is 8.91. The smallest absolute Gasteiger partial charge is 0.184 e. The molecule has 3 N–H and O–H groups in total. The van der Waals surface area contributed by atoms with E-state index in [0.717, 1.165) is 31.3 Å². The number of hydrogen-bond donors (Lipinski definition) is 3. The van der Waals surface area contributed by atoms with Gasteiger partial charge in [-0.3, -0.25) is 4.79 Å². The zero-order valence-corrected chi connectivity index (χ0v) is 14.0. The molecule has 23 heavy (non-hydrogen) atoms. The number of carbonyl (C=O) groups is 1. The van der Waals surface area contributed by atoms with Crippen LogP contribution in [0.5, 0.6) is 0 Å². The van der Waals surface area contributed by atoms with Gasteiger partial charge in [0.25, 0.3) is 0 Å². The molecule has 128 valence electrons. The predicted molar refractivity (Wildman–Crippen MR) is 85.5 cm³/mol. The van der Waals surface area contributed by atoms with Gasteiger partial charge in [0.2, 0.25) is 0 Å². The number of fused-ring (bicyclic) bond motifs is 5. The fraction of sp³-hybridized carbons (Fsp3) is 0.842. The number of rotatable bonds is 0. The van der Waals surface area contributed by atoms with Gasteiger partial charge in [0.15, 0.2) is 5.78 Å². The zero-order chi connectivity index (χ0) is 16.6. The molecule has 0 spiro atoms. The highest BCUT2D eigenvalue weighted by Gasteiger charge is 2.62. The number of ketones is 1. The Morgan fingerprint density at radius 2 is 1.83 bits per heavy atom. The average Bonchev–Trinajstić information content (AvgIpc) is 2.76. The van der Waals surface area contributed by atoms with Crippen LogP contribution in [0.25, 0.3) is 0 Å². The topological polar surface area (TPSA) is 77.8 Å². The van der Waals surface area contributed by atoms with Crippen LogP contribution in [0.1, 0.15) is 52.4 Å². The summed E-state index contributed by atoms with van der Waals surface area (Å²) in [7, 11) is 0. The molecule has 8 atom stereocenters. The van der Waals surface area contributed by atoms with Gasteiger partial charge in [0.1, 0.15) is 6.10 Å². The molecule has 4 aliphatic rings. The predicted octanol–water partition coefficient (Wildman–Crippen LogP) is 1.82. The molecule has 0 aromatic carbocycles. The fourth-order valence-corrected chi connectivity index (χ4v) is 6.72. The first kappa shape index (κ1) is 15.8. The quantitative estimate of drug-likeness (QED) is 0.636. The summed E-state index contributed by atoms with van der Waals surface area (Å²) in [6.45, 7) is 4.27. The van der Waals surface area contributed by atoms with Gasteiger partial charge in [0.05, 0.1) is 12.2 Å². The van der Waals surface area contributed by atoms with Gasteiger partial charge in [-0.2, -0.15) is 0 Å². The van der Waals surface area contributed by atoms with Crippen molar-refractivity contribution in [3.63, 3.8) is 0 Å². The number of carbonyl (C=O) groups excluding carboxylic acids is 1. The molecule has 4 heteroatoms. The van der Waals surface area contributed by atoms with E-state index in [-0.39, 0.29) is 28.6 Å². The van der Waals surface area contributed by atoms with Crippen molar-refractivity contribution >= 4 is 5.78 Å². The summed E-state index contributed by atoms with van der Waals surface area (Å²) in [5.74, 6) is 0.735. The maximum absolute atomic E-state index is 11.9. The van der Waals surface area contributed by atoms with Crippen LogP contribution in [0.4, 0.5) is 0 Å². The molecule has 0 radical (unpaired) electrons. The molecule has 0 aromatic rings. The van der Waals surface area contributed by atoms with Gasteiger partial charge in [-0.25, -0.2) is 0 Å². The molecule has 3 saturated carbocycles. The van der Waals surface area contributed by atoms with E-state index in [1.807, 2.05) is 0 Å². The lowest BCUT2D eigenvalue weighted by Gasteiger charge is -2.59. The van der Waals surface area contributed by atoms with E-state index in [9.17, 15) is 20.1 Å². The summed E-state index contributed by atoms with van der Waals surface area (Å²) >= 11 is 0. The van der Waals surface area contributed by atoms with Crippen LogP contribution in [-0.2, 0) is 4.79 Å². The number of allylic oxidation sites excluding steroid dienone is 1. The minimum absolute atomic E-state index is 0.0913. The van der Waals surface area contributed by atoms with Crippen molar-refractivity contribution in [2.75, 3.05) is 0 Å². The van der Waals surface area contributed by atoms with Crippen molar-refractivity contribution < 1.29 is 20.1 Å². The average molecular weight is 320 g/mol. The molecule has 4 aliphatic carbocycles. The Hall–Kier alpha value is -0.710. The second kappa shape index (κ2) is 4.90. The van der Waals surface area contributed by atoms with Crippen LogP contribution in [0, 0.1) is 28.6 Å². The molecule has 4 nitrogen and oxygen atoms in total. The third-order valence-corrected chi connectivity index (χ3v) is 7.88. The molecule has 0 heterocycles. The first-order valence-electron chi connectivity index (χ1n) is 9.06. The summed E-state index contributed by atoms with van der Waals surface area (Å²) in [6, 6.07) is 0. The molecular formula is C19H28O4. The molecule has 0 saturated heterocycles. The van der Waals surface area contributed by atoms with Crippen LogP contribution in [-0.4, -0.2) is 39.4 Å². The van der Waals surface area contributed by atoms with E-state index >= 15 is 0 Å². The molecule has 0 bridgehead atoms. The van der Waals surface area contributed by atoms with Crippen molar-refractivity contribution in [3.05, 3.63) is 11.6 Å². The first-order chi connectivity index (χ1) is 10.8. The Labute approximate surface area is 137 Å². The van der Waals surface area contributed by atoms with Crippen LogP contribution in [0.2, 0.25) is 0 Å². The van der Waals surface area contributed by atoms with E-state index in [1.54, 1.807) is 6.08 Å². The van der Waals surface area contributed by atoms with Crippen LogP contribution in [0.3, 0.4) is 0 Å². The molecular weight excluding hydrogens is 292 g/mol. The summed E-state index contributed by atoms with van der Waals surface area (Å²) in [4.78, 5) is 11.9. The monoisotopic (exact) mass is 320 g/mol. The highest BCUT2D eigenvalue weighted by Crippen LogP contribution is 2.65. The van der Waals surface area contributed by atoms with Gasteiger partial charge >= 0.3 is 0 Å². The minimum atomic E-state index is -0.933. The summed E-state index contributed by atoms with van der Waals surface area (Å²) in [5.41, 5.74) is 0.654. The summed E-state index contributed by atoms with van der Waals surface area (Å²) in [5, 5.41) is 31.6. The Balaban J connectivity index is 1.75. The Morgan fingerprint density at radius 1 is 1.09 bits per heavy atom. The van der Waals surface area contributed by atoms with Gasteiger partial charge < -0.3 is 15.3 Å². The molecule has 0 aliphatic heterocycles. The lowest BCUT2D eigenvalue weighted by molar-refractivity contribution is -0.150. The van der Waals surface area contributed by atoms with Gasteiger partial charge in [-0.1, -0.05) is 19.4 Å². The largest absolute Gasteiger partial charge is 0.393 e. The van der Waals surface area contributed by atoms with E-state index in [0.29, 0.717) is 24.7 Å². The third kappa shape index (κ3) is 1.98. The lowest BCUT2D eigenvalue weighted by Crippen LogP contribution is -2.58. The second-order valence-electron chi connectivity index (χ2n) is 8.91. The van der Waals surface area contributed by atoms with E-state index < -0.39 is 12.2 Å². The highest BCUT2D eigenvalue weighted by atomic mass is 16.3. The minimum Gasteiger partial charge on any atom is -0.393 e. The third-order valence-electron chi connectivity index (χ3n) is 7.88. The van der Waals surface area contributed by atoms with Gasteiger partial charge in [-0.15, -0.1) is 0 Å². The van der Waals surface area contributed by atoms with Crippen molar-refractivity contribution in [1.29, 1.82) is 0 Å². The maximum atomic E-state index is 11.9. The summed E-state index contributed by atoms with van der Waals surface area (Å²) < 4.78 is 0. The number of hydrogen-bond acceptors (Lipinski definition) is 4. The zero-order valence-electron chi connectivity index (χ0n) is 14.0. The van der Waals surface area contributed by atoms with Gasteiger partial charge in [-0.05, 0) is 73.2 Å². The Kier molecular flexibility index (Phi) is 3.37. The van der Waals surface area contributed by atoms with Crippen LogP contribution in [0.15, 0.2) is 11.6 Å². The van der Waals surface area contributed by atoms with Crippen LogP contribution < -0.4 is 0 Å². The number of aliphatic hydroxyl groups excluding tert-OH is 3. The van der Waals surface area contributed by atoms with Crippen molar-refractivity contribution in [3.8, 4) is 0 Å². The lowest BCUT2D eigenvalue weighted by atomic mass is 9.46. The van der Waals surface area contributed by atoms with Crippen molar-refractivity contribution in [2.24, 2.45) is 28.6 Å². The van der Waals surface area contributed by atoms with E-state index in [2.05, 4.69) is 13.8 Å². The normalized spacial score (nSPS) is 55.7. The molecule has 4 rings (SSSR count).